The normalized spacial score (nSPS) is 11.7. The van der Waals surface area contributed by atoms with Gasteiger partial charge in [0.2, 0.25) is 0 Å². The average molecular weight is 298 g/mol. The summed E-state index contributed by atoms with van der Waals surface area (Å²) in [5, 5.41) is 17.8. The number of aryl methyl sites for hydroxylation is 2. The molecule has 1 atom stereocenters. The van der Waals surface area contributed by atoms with Crippen LogP contribution in [0.5, 0.6) is 0 Å². The van der Waals surface area contributed by atoms with Gasteiger partial charge >= 0.3 is 5.97 Å². The number of nitrogens with zero attached hydrogens (tertiary/aromatic N) is 2. The van der Waals surface area contributed by atoms with Crippen molar-refractivity contribution < 1.29 is 9.90 Å². The van der Waals surface area contributed by atoms with Crippen LogP contribution in [0.2, 0.25) is 0 Å². The minimum atomic E-state index is -0.973. The van der Waals surface area contributed by atoms with Crippen molar-refractivity contribution in [2.75, 3.05) is 0 Å². The second kappa shape index (κ2) is 5.98. The summed E-state index contributed by atoms with van der Waals surface area (Å²) in [5.74, 6) is -0.973. The van der Waals surface area contributed by atoms with Crippen LogP contribution in [-0.2, 0) is 0 Å². The summed E-state index contributed by atoms with van der Waals surface area (Å²) in [4.78, 5) is 15.3. The van der Waals surface area contributed by atoms with Gasteiger partial charge in [0, 0.05) is 5.69 Å². The van der Waals surface area contributed by atoms with E-state index in [4.69, 9.17) is 5.11 Å². The van der Waals surface area contributed by atoms with Crippen molar-refractivity contribution in [1.29, 1.82) is 5.26 Å². The minimum absolute atomic E-state index is 0.216. The Morgan fingerprint density at radius 3 is 2.48 bits per heavy atom. The molecule has 0 saturated heterocycles. The van der Waals surface area contributed by atoms with E-state index in [1.807, 2.05) is 19.9 Å². The van der Waals surface area contributed by atoms with Crippen molar-refractivity contribution in [3.8, 4) is 6.07 Å². The Morgan fingerprint density at radius 1 is 1.33 bits per heavy atom. The quantitative estimate of drug-likeness (QED) is 0.853. The zero-order valence-electron chi connectivity index (χ0n) is 11.7. The predicted octanol–water partition coefficient (Wildman–Crippen LogP) is 3.29. The van der Waals surface area contributed by atoms with Gasteiger partial charge in [-0.25, -0.2) is 4.79 Å². The lowest BCUT2D eigenvalue weighted by Gasteiger charge is -2.15. The highest BCUT2D eigenvalue weighted by Gasteiger charge is 2.18. The summed E-state index contributed by atoms with van der Waals surface area (Å²) in [6, 6.07) is 10.5. The fourth-order valence-electron chi connectivity index (χ4n) is 2.17. The first-order valence-corrected chi connectivity index (χ1v) is 6.85. The van der Waals surface area contributed by atoms with E-state index in [2.05, 4.69) is 23.7 Å². The molecule has 0 aliphatic rings. The summed E-state index contributed by atoms with van der Waals surface area (Å²) in [6.07, 6.45) is 0. The van der Waals surface area contributed by atoms with Gasteiger partial charge in [-0.15, -0.1) is 0 Å². The summed E-state index contributed by atoms with van der Waals surface area (Å²) in [5.41, 5.74) is 3.82. The molecule has 1 N–H and O–H groups in total. The molecule has 0 aliphatic carbocycles. The second-order valence-electron chi connectivity index (χ2n) is 4.78. The van der Waals surface area contributed by atoms with Crippen molar-refractivity contribution in [3.63, 3.8) is 0 Å². The standard InChI is InChI=1S/C16H14N2O2S/c1-9-7-10(2)18-14(13(9)8-17)15(21)11-3-5-12(6-4-11)16(19)20/h3-7,15,21H,1-2H3,(H,19,20). The Hall–Kier alpha value is -2.32. The van der Waals surface area contributed by atoms with Gasteiger partial charge in [-0.05, 0) is 43.2 Å². The van der Waals surface area contributed by atoms with Gasteiger partial charge in [-0.1, -0.05) is 12.1 Å². The van der Waals surface area contributed by atoms with Crippen LogP contribution in [0, 0.1) is 25.2 Å². The molecule has 21 heavy (non-hydrogen) atoms. The Kier molecular flexibility index (Phi) is 4.29. The van der Waals surface area contributed by atoms with E-state index in [1.165, 1.54) is 12.1 Å². The van der Waals surface area contributed by atoms with Crippen molar-refractivity contribution in [3.05, 3.63) is 64.0 Å². The average Bonchev–Trinajstić information content (AvgIpc) is 2.46. The summed E-state index contributed by atoms with van der Waals surface area (Å²) < 4.78 is 0. The maximum Gasteiger partial charge on any atom is 0.335 e. The molecule has 1 unspecified atom stereocenters. The lowest BCUT2D eigenvalue weighted by atomic mass is 10.00. The summed E-state index contributed by atoms with van der Waals surface area (Å²) >= 11 is 4.55. The smallest absolute Gasteiger partial charge is 0.335 e. The van der Waals surface area contributed by atoms with Crippen LogP contribution in [0.15, 0.2) is 30.3 Å². The van der Waals surface area contributed by atoms with Crippen molar-refractivity contribution in [2.24, 2.45) is 0 Å². The van der Waals surface area contributed by atoms with Crippen molar-refractivity contribution >= 4 is 18.6 Å². The van der Waals surface area contributed by atoms with Crippen LogP contribution in [-0.4, -0.2) is 16.1 Å². The van der Waals surface area contributed by atoms with Crippen LogP contribution >= 0.6 is 12.6 Å². The van der Waals surface area contributed by atoms with Gasteiger partial charge < -0.3 is 5.11 Å². The summed E-state index contributed by atoms with van der Waals surface area (Å²) in [7, 11) is 0. The van der Waals surface area contributed by atoms with E-state index in [0.717, 1.165) is 16.8 Å². The highest BCUT2D eigenvalue weighted by molar-refractivity contribution is 7.80. The third kappa shape index (κ3) is 3.06. The predicted molar refractivity (Wildman–Crippen MR) is 82.7 cm³/mol. The number of pyridine rings is 1. The SMILES string of the molecule is Cc1cc(C)c(C#N)c(C(S)c2ccc(C(=O)O)cc2)n1. The monoisotopic (exact) mass is 298 g/mol. The molecular formula is C16H14N2O2S. The molecule has 0 fully saturated rings. The van der Waals surface area contributed by atoms with Crippen molar-refractivity contribution in [1.82, 2.24) is 4.98 Å². The molecule has 0 amide bonds. The number of thiol groups is 1. The van der Waals surface area contributed by atoms with Gasteiger partial charge in [0.15, 0.2) is 0 Å². The molecule has 2 aromatic rings. The van der Waals surface area contributed by atoms with Gasteiger partial charge in [0.25, 0.3) is 0 Å². The molecule has 0 radical (unpaired) electrons. The van der Waals surface area contributed by atoms with E-state index in [9.17, 15) is 10.1 Å². The topological polar surface area (TPSA) is 74.0 Å². The van der Waals surface area contributed by atoms with E-state index in [0.29, 0.717) is 11.3 Å². The Balaban J connectivity index is 2.47. The molecular weight excluding hydrogens is 284 g/mol. The Morgan fingerprint density at radius 2 is 1.95 bits per heavy atom. The number of rotatable bonds is 3. The fraction of sp³-hybridized carbons (Fsp3) is 0.188. The number of benzene rings is 1. The number of aromatic nitrogens is 1. The molecule has 2 rings (SSSR count). The number of carbonyl (C=O) groups is 1. The largest absolute Gasteiger partial charge is 0.478 e. The first-order chi connectivity index (χ1) is 9.93. The maximum atomic E-state index is 10.9. The number of hydrogen-bond donors (Lipinski definition) is 2. The number of aromatic carboxylic acids is 1. The van der Waals surface area contributed by atoms with Crippen LogP contribution < -0.4 is 0 Å². The second-order valence-corrected chi connectivity index (χ2v) is 5.30. The number of carboxylic acid groups (broad SMARTS) is 1. The van der Waals surface area contributed by atoms with E-state index < -0.39 is 5.97 Å². The van der Waals surface area contributed by atoms with Gasteiger partial charge in [-0.2, -0.15) is 17.9 Å². The molecule has 1 aromatic carbocycles. The Bertz CT molecular complexity index is 733. The third-order valence-electron chi connectivity index (χ3n) is 3.22. The van der Waals surface area contributed by atoms with Crippen LogP contribution in [0.3, 0.4) is 0 Å². The molecule has 4 nitrogen and oxygen atoms in total. The van der Waals surface area contributed by atoms with Crippen LogP contribution in [0.4, 0.5) is 0 Å². The van der Waals surface area contributed by atoms with Crippen LogP contribution in [0.1, 0.15) is 43.7 Å². The zero-order chi connectivity index (χ0) is 15.6. The number of nitriles is 1. The molecule has 0 bridgehead atoms. The van der Waals surface area contributed by atoms with E-state index in [-0.39, 0.29) is 10.8 Å². The Labute approximate surface area is 128 Å². The molecule has 0 spiro atoms. The summed E-state index contributed by atoms with van der Waals surface area (Å²) in [6.45, 7) is 3.73. The van der Waals surface area contributed by atoms with Gasteiger partial charge in [0.05, 0.1) is 22.1 Å². The van der Waals surface area contributed by atoms with Gasteiger partial charge in [-0.3, -0.25) is 4.98 Å². The maximum absolute atomic E-state index is 10.9. The van der Waals surface area contributed by atoms with Gasteiger partial charge in [0.1, 0.15) is 6.07 Å². The molecule has 0 saturated carbocycles. The molecule has 5 heteroatoms. The highest BCUT2D eigenvalue weighted by Crippen LogP contribution is 2.30. The minimum Gasteiger partial charge on any atom is -0.478 e. The van der Waals surface area contributed by atoms with Crippen LogP contribution in [0.25, 0.3) is 0 Å². The molecule has 1 aromatic heterocycles. The zero-order valence-corrected chi connectivity index (χ0v) is 12.6. The van der Waals surface area contributed by atoms with Crippen molar-refractivity contribution in [2.45, 2.75) is 19.1 Å². The lowest BCUT2D eigenvalue weighted by molar-refractivity contribution is 0.0697. The third-order valence-corrected chi connectivity index (χ3v) is 3.76. The molecule has 106 valence electrons. The fourth-order valence-corrected chi connectivity index (χ4v) is 2.53. The van der Waals surface area contributed by atoms with E-state index in [1.54, 1.807) is 12.1 Å². The highest BCUT2D eigenvalue weighted by atomic mass is 32.1. The molecule has 0 aliphatic heterocycles. The van der Waals surface area contributed by atoms with E-state index >= 15 is 0 Å². The first kappa shape index (κ1) is 15.1. The first-order valence-electron chi connectivity index (χ1n) is 6.33. The number of carboxylic acids is 1. The lowest BCUT2D eigenvalue weighted by Crippen LogP contribution is -2.05. The number of hydrogen-bond acceptors (Lipinski definition) is 4. The molecule has 1 heterocycles.